The van der Waals surface area contributed by atoms with Gasteiger partial charge in [0.1, 0.15) is 5.82 Å². The van der Waals surface area contributed by atoms with E-state index in [1.54, 1.807) is 0 Å². The first-order chi connectivity index (χ1) is 10.7. The van der Waals surface area contributed by atoms with Gasteiger partial charge in [-0.15, -0.1) is 0 Å². The van der Waals surface area contributed by atoms with E-state index in [4.69, 9.17) is 5.11 Å². The molecule has 1 N–H and O–H groups in total. The Balaban J connectivity index is 2.88. The highest BCUT2D eigenvalue weighted by molar-refractivity contribution is 5.72. The quantitative estimate of drug-likeness (QED) is 0.305. The second-order valence-electron chi connectivity index (χ2n) is 4.24. The van der Waals surface area contributed by atoms with E-state index < -0.39 is 62.3 Å². The standard InChI is InChI=1S/C13H6F5NO4/c1-23-7-3-5(14)4(2-6(7)19(21)22)8-9(15)11(17)12(18)13(20)10(8)16/h2-3,20H,1H3. The molecule has 5 nitrogen and oxygen atoms in total. The Kier molecular flexibility index (Phi) is 4.08. The second-order valence-corrected chi connectivity index (χ2v) is 4.24. The zero-order valence-electron chi connectivity index (χ0n) is 11.2. The number of nitrogens with zero attached hydrogens (tertiary/aromatic N) is 1. The Hall–Kier alpha value is -2.91. The number of halogens is 5. The van der Waals surface area contributed by atoms with E-state index in [2.05, 4.69) is 4.74 Å². The fraction of sp³-hybridized carbons (Fsp3) is 0.0769. The van der Waals surface area contributed by atoms with Crippen LogP contribution in [0.15, 0.2) is 12.1 Å². The van der Waals surface area contributed by atoms with Gasteiger partial charge < -0.3 is 9.84 Å². The number of phenols is 1. The summed E-state index contributed by atoms with van der Waals surface area (Å²) >= 11 is 0. The fourth-order valence-electron chi connectivity index (χ4n) is 1.90. The maximum atomic E-state index is 14.0. The predicted octanol–water partition coefficient (Wildman–Crippen LogP) is 3.67. The van der Waals surface area contributed by atoms with Crippen molar-refractivity contribution in [1.82, 2.24) is 0 Å². The van der Waals surface area contributed by atoms with Gasteiger partial charge in [0, 0.05) is 17.7 Å². The molecule has 0 radical (unpaired) electrons. The van der Waals surface area contributed by atoms with Crippen LogP contribution in [0, 0.1) is 39.2 Å². The zero-order valence-corrected chi connectivity index (χ0v) is 11.2. The number of phenolic OH excluding ortho intramolecular Hbond substituents is 1. The molecule has 0 atom stereocenters. The normalized spacial score (nSPS) is 10.7. The Morgan fingerprint density at radius 3 is 2.17 bits per heavy atom. The van der Waals surface area contributed by atoms with Crippen LogP contribution >= 0.6 is 0 Å². The van der Waals surface area contributed by atoms with Crippen molar-refractivity contribution < 1.29 is 36.7 Å². The highest BCUT2D eigenvalue weighted by atomic mass is 19.2. The number of ether oxygens (including phenoxy) is 1. The lowest BCUT2D eigenvalue weighted by molar-refractivity contribution is -0.385. The Morgan fingerprint density at radius 1 is 1.04 bits per heavy atom. The molecule has 0 saturated carbocycles. The number of rotatable bonds is 3. The summed E-state index contributed by atoms with van der Waals surface area (Å²) in [6.07, 6.45) is 0. The summed E-state index contributed by atoms with van der Waals surface area (Å²) in [6, 6.07) is 0.830. The summed E-state index contributed by atoms with van der Waals surface area (Å²) < 4.78 is 72.4. The minimum absolute atomic E-state index is 0.381. The average Bonchev–Trinajstić information content (AvgIpc) is 2.51. The number of methoxy groups -OCH3 is 1. The molecule has 10 heteroatoms. The Morgan fingerprint density at radius 2 is 1.65 bits per heavy atom. The first-order valence-corrected chi connectivity index (χ1v) is 5.77. The molecule has 0 amide bonds. The van der Waals surface area contributed by atoms with E-state index in [9.17, 15) is 32.1 Å². The molecule has 0 unspecified atom stereocenters. The molecule has 0 heterocycles. The maximum Gasteiger partial charge on any atom is 0.311 e. The van der Waals surface area contributed by atoms with Crippen LogP contribution in [0.5, 0.6) is 11.5 Å². The monoisotopic (exact) mass is 335 g/mol. The van der Waals surface area contributed by atoms with Crippen molar-refractivity contribution in [1.29, 1.82) is 0 Å². The number of aromatic hydroxyl groups is 1. The van der Waals surface area contributed by atoms with Crippen LogP contribution in [-0.2, 0) is 0 Å². The molecule has 0 bridgehead atoms. The van der Waals surface area contributed by atoms with Crippen LogP contribution in [-0.4, -0.2) is 17.1 Å². The molecule has 23 heavy (non-hydrogen) atoms. The number of hydrogen-bond donors (Lipinski definition) is 1. The van der Waals surface area contributed by atoms with Crippen molar-refractivity contribution >= 4 is 5.69 Å². The van der Waals surface area contributed by atoms with Gasteiger partial charge in [0.25, 0.3) is 0 Å². The number of hydrogen-bond acceptors (Lipinski definition) is 4. The molecule has 0 saturated heterocycles. The van der Waals surface area contributed by atoms with Crippen LogP contribution in [0.1, 0.15) is 0 Å². The molecule has 2 aromatic rings. The van der Waals surface area contributed by atoms with Crippen LogP contribution < -0.4 is 4.74 Å². The molecule has 0 aliphatic heterocycles. The van der Waals surface area contributed by atoms with E-state index in [0.29, 0.717) is 12.1 Å². The number of benzene rings is 2. The largest absolute Gasteiger partial charge is 0.503 e. The zero-order chi connectivity index (χ0) is 17.5. The molecule has 2 rings (SSSR count). The predicted molar refractivity (Wildman–Crippen MR) is 66.5 cm³/mol. The van der Waals surface area contributed by atoms with Gasteiger partial charge in [-0.25, -0.2) is 17.6 Å². The van der Waals surface area contributed by atoms with Gasteiger partial charge in [0.05, 0.1) is 17.6 Å². The molecule has 2 aromatic carbocycles. The van der Waals surface area contributed by atoms with E-state index >= 15 is 0 Å². The third kappa shape index (κ3) is 2.51. The second kappa shape index (κ2) is 5.71. The number of nitro groups is 1. The summed E-state index contributed by atoms with van der Waals surface area (Å²) in [5, 5.41) is 20.0. The lowest BCUT2D eigenvalue weighted by Crippen LogP contribution is -2.03. The maximum absolute atomic E-state index is 14.0. The Bertz CT molecular complexity index is 796. The highest BCUT2D eigenvalue weighted by Crippen LogP contribution is 2.40. The van der Waals surface area contributed by atoms with Gasteiger partial charge in [0.15, 0.2) is 29.0 Å². The van der Waals surface area contributed by atoms with E-state index in [1.807, 2.05) is 0 Å². The fourth-order valence-corrected chi connectivity index (χ4v) is 1.90. The van der Waals surface area contributed by atoms with Gasteiger partial charge in [-0.3, -0.25) is 10.1 Å². The molecule has 0 fully saturated rings. The summed E-state index contributed by atoms with van der Waals surface area (Å²) in [4.78, 5) is 9.84. The van der Waals surface area contributed by atoms with E-state index in [0.717, 1.165) is 7.11 Å². The lowest BCUT2D eigenvalue weighted by atomic mass is 10.0. The minimum atomic E-state index is -2.25. The summed E-state index contributed by atoms with van der Waals surface area (Å²) in [6.45, 7) is 0. The summed E-state index contributed by atoms with van der Waals surface area (Å²) in [7, 11) is 0.992. The topological polar surface area (TPSA) is 72.6 Å². The van der Waals surface area contributed by atoms with Crippen LogP contribution in [0.3, 0.4) is 0 Å². The van der Waals surface area contributed by atoms with Crippen molar-refractivity contribution in [3.63, 3.8) is 0 Å². The van der Waals surface area contributed by atoms with E-state index in [1.165, 1.54) is 0 Å². The molecule has 0 spiro atoms. The molecule has 0 aliphatic carbocycles. The minimum Gasteiger partial charge on any atom is -0.503 e. The van der Waals surface area contributed by atoms with Crippen LogP contribution in [0.4, 0.5) is 27.6 Å². The van der Waals surface area contributed by atoms with Gasteiger partial charge in [-0.05, 0) is 0 Å². The summed E-state index contributed by atoms with van der Waals surface area (Å²) in [5.41, 5.74) is -3.43. The third-order valence-corrected chi connectivity index (χ3v) is 2.97. The Labute approximate surface area is 124 Å². The van der Waals surface area contributed by atoms with Crippen molar-refractivity contribution in [2.24, 2.45) is 0 Å². The molecular formula is C13H6F5NO4. The SMILES string of the molecule is COc1cc(F)c(-c2c(F)c(O)c(F)c(F)c2F)cc1[N+](=O)[O-]. The molecular weight excluding hydrogens is 329 g/mol. The van der Waals surface area contributed by atoms with Crippen LogP contribution in [0.2, 0.25) is 0 Å². The van der Waals surface area contributed by atoms with Gasteiger partial charge in [-0.1, -0.05) is 0 Å². The highest BCUT2D eigenvalue weighted by Gasteiger charge is 2.30. The average molecular weight is 335 g/mol. The molecule has 122 valence electrons. The van der Waals surface area contributed by atoms with Gasteiger partial charge in [0.2, 0.25) is 5.82 Å². The van der Waals surface area contributed by atoms with Crippen LogP contribution in [0.25, 0.3) is 11.1 Å². The third-order valence-electron chi connectivity index (χ3n) is 2.97. The van der Waals surface area contributed by atoms with Gasteiger partial charge in [-0.2, -0.15) is 4.39 Å². The molecule has 0 aliphatic rings. The van der Waals surface area contributed by atoms with Gasteiger partial charge >= 0.3 is 5.69 Å². The summed E-state index contributed by atoms with van der Waals surface area (Å²) in [5.74, 6) is -12.4. The van der Waals surface area contributed by atoms with Crippen molar-refractivity contribution in [3.05, 3.63) is 51.3 Å². The number of nitro benzene ring substituents is 1. The lowest BCUT2D eigenvalue weighted by Gasteiger charge is -2.11. The van der Waals surface area contributed by atoms with Crippen molar-refractivity contribution in [2.45, 2.75) is 0 Å². The van der Waals surface area contributed by atoms with E-state index in [-0.39, 0.29) is 0 Å². The first-order valence-electron chi connectivity index (χ1n) is 5.77. The van der Waals surface area contributed by atoms with Crippen molar-refractivity contribution in [2.75, 3.05) is 7.11 Å². The first kappa shape index (κ1) is 16.5. The molecule has 0 aromatic heterocycles. The smallest absolute Gasteiger partial charge is 0.311 e. The van der Waals surface area contributed by atoms with Crippen molar-refractivity contribution in [3.8, 4) is 22.6 Å².